The number of methoxy groups -OCH3 is 1. The Morgan fingerprint density at radius 3 is 2.59 bits per heavy atom. The Morgan fingerprint density at radius 2 is 1.76 bits per heavy atom. The molecular formula is C26H24N4O4. The normalized spacial score (nSPS) is 11.3. The maximum Gasteiger partial charge on any atom is 0.407 e. The number of pyridine rings is 1. The fraction of sp³-hybridized carbons (Fsp3) is 0.192. The first-order valence-corrected chi connectivity index (χ1v) is 11.1. The van der Waals surface area contributed by atoms with E-state index in [1.54, 1.807) is 13.2 Å². The maximum absolute atomic E-state index is 13.2. The first kappa shape index (κ1) is 21.7. The van der Waals surface area contributed by atoms with Crippen molar-refractivity contribution in [2.24, 2.45) is 0 Å². The Labute approximate surface area is 195 Å². The van der Waals surface area contributed by atoms with Crippen LogP contribution in [-0.4, -0.2) is 35.9 Å². The summed E-state index contributed by atoms with van der Waals surface area (Å²) >= 11 is 0. The van der Waals surface area contributed by atoms with Crippen LogP contribution in [-0.2, 0) is 17.9 Å². The second-order valence-electron chi connectivity index (χ2n) is 7.91. The lowest BCUT2D eigenvalue weighted by molar-refractivity contribution is 0.139. The van der Waals surface area contributed by atoms with Crippen LogP contribution >= 0.6 is 0 Å². The van der Waals surface area contributed by atoms with Gasteiger partial charge in [0.05, 0.1) is 29.2 Å². The Balaban J connectivity index is 1.28. The van der Waals surface area contributed by atoms with Crippen LogP contribution in [0.25, 0.3) is 27.2 Å². The third-order valence-electron chi connectivity index (χ3n) is 5.78. The van der Waals surface area contributed by atoms with E-state index in [4.69, 9.17) is 14.6 Å². The summed E-state index contributed by atoms with van der Waals surface area (Å²) in [5.41, 5.74) is 3.19. The van der Waals surface area contributed by atoms with Gasteiger partial charge in [-0.2, -0.15) is 5.10 Å². The van der Waals surface area contributed by atoms with Crippen molar-refractivity contribution in [1.29, 1.82) is 0 Å². The number of fused-ring (bicyclic) bond motifs is 2. The number of aromatic nitrogens is 2. The molecule has 0 spiro atoms. The van der Waals surface area contributed by atoms with Crippen LogP contribution in [0.1, 0.15) is 11.3 Å². The fourth-order valence-electron chi connectivity index (χ4n) is 4.16. The van der Waals surface area contributed by atoms with Crippen LogP contribution < -0.4 is 20.8 Å². The third kappa shape index (κ3) is 3.99. The number of nitrogens with zero attached hydrogens (tertiary/aromatic N) is 2. The zero-order valence-corrected chi connectivity index (χ0v) is 18.7. The minimum absolute atomic E-state index is 0.0665. The van der Waals surface area contributed by atoms with Gasteiger partial charge in [-0.05, 0) is 29.8 Å². The number of amides is 1. The molecule has 34 heavy (non-hydrogen) atoms. The highest BCUT2D eigenvalue weighted by molar-refractivity contribution is 6.05. The first-order valence-electron chi connectivity index (χ1n) is 11.1. The van der Waals surface area contributed by atoms with E-state index in [-0.39, 0.29) is 12.0 Å². The van der Waals surface area contributed by atoms with E-state index in [0.717, 1.165) is 27.7 Å². The predicted molar refractivity (Wildman–Crippen MR) is 131 cm³/mol. The van der Waals surface area contributed by atoms with Crippen LogP contribution in [0.4, 0.5) is 4.79 Å². The van der Waals surface area contributed by atoms with Crippen molar-refractivity contribution in [1.82, 2.24) is 20.2 Å². The van der Waals surface area contributed by atoms with Gasteiger partial charge in [-0.3, -0.25) is 4.79 Å². The zero-order chi connectivity index (χ0) is 23.5. The van der Waals surface area contributed by atoms with Crippen molar-refractivity contribution >= 4 is 33.3 Å². The van der Waals surface area contributed by atoms with Gasteiger partial charge in [0.2, 0.25) is 5.43 Å². The average Bonchev–Trinajstić information content (AvgIpc) is 3.25. The van der Waals surface area contributed by atoms with Gasteiger partial charge in [-0.25, -0.2) is 9.31 Å². The first-order chi connectivity index (χ1) is 16.7. The molecule has 0 bridgehead atoms. The minimum atomic E-state index is -0.460. The molecule has 0 aliphatic heterocycles. The molecule has 172 valence electrons. The summed E-state index contributed by atoms with van der Waals surface area (Å²) in [6.07, 6.45) is -0.460. The molecule has 0 atom stereocenters. The van der Waals surface area contributed by atoms with Crippen LogP contribution in [0.2, 0.25) is 0 Å². The molecular weight excluding hydrogens is 432 g/mol. The lowest BCUT2D eigenvalue weighted by atomic mass is 10.1. The molecule has 0 aliphatic rings. The Hall–Kier alpha value is -4.17. The smallest absolute Gasteiger partial charge is 0.407 e. The highest BCUT2D eigenvalue weighted by Crippen LogP contribution is 2.31. The van der Waals surface area contributed by atoms with E-state index >= 15 is 0 Å². The molecule has 2 N–H and O–H groups in total. The Bertz CT molecular complexity index is 1510. The van der Waals surface area contributed by atoms with E-state index < -0.39 is 6.09 Å². The molecule has 3 aromatic carbocycles. The summed E-state index contributed by atoms with van der Waals surface area (Å²) in [4.78, 5) is 25.1. The number of hydrogen-bond donors (Lipinski definition) is 2. The number of alkyl carbamates (subject to hydrolysis) is 1. The quantitative estimate of drug-likeness (QED) is 0.274. The van der Waals surface area contributed by atoms with Gasteiger partial charge in [0.25, 0.3) is 0 Å². The second-order valence-corrected chi connectivity index (χ2v) is 7.91. The van der Waals surface area contributed by atoms with Gasteiger partial charge in [0, 0.05) is 30.4 Å². The van der Waals surface area contributed by atoms with Crippen molar-refractivity contribution in [3.05, 3.63) is 88.2 Å². The number of hydrogen-bond acceptors (Lipinski definition) is 6. The topological polar surface area (TPSA) is 94.0 Å². The Morgan fingerprint density at radius 1 is 0.971 bits per heavy atom. The number of carbonyl (C=O) groups excluding carboxylic acids is 1. The van der Waals surface area contributed by atoms with E-state index in [1.807, 2.05) is 65.2 Å². The van der Waals surface area contributed by atoms with Gasteiger partial charge in [-0.15, -0.1) is 0 Å². The second kappa shape index (κ2) is 9.36. The predicted octanol–water partition coefficient (Wildman–Crippen LogP) is 3.46. The fourth-order valence-corrected chi connectivity index (χ4v) is 4.16. The molecule has 0 saturated heterocycles. The van der Waals surface area contributed by atoms with Crippen LogP contribution in [0.5, 0.6) is 5.75 Å². The molecule has 5 rings (SSSR count). The lowest BCUT2D eigenvalue weighted by Gasteiger charge is -2.08. The summed E-state index contributed by atoms with van der Waals surface area (Å²) in [6.45, 7) is 1.65. The highest BCUT2D eigenvalue weighted by Gasteiger charge is 2.19. The monoisotopic (exact) mass is 456 g/mol. The molecule has 8 nitrogen and oxygen atoms in total. The lowest BCUT2D eigenvalue weighted by Crippen LogP contribution is -2.32. The third-order valence-corrected chi connectivity index (χ3v) is 5.78. The van der Waals surface area contributed by atoms with Gasteiger partial charge in [0.1, 0.15) is 12.4 Å². The number of ether oxygens (including phenoxy) is 2. The molecule has 0 fully saturated rings. The molecule has 0 unspecified atom stereocenters. The largest absolute Gasteiger partial charge is 0.496 e. The Kier molecular flexibility index (Phi) is 5.97. The van der Waals surface area contributed by atoms with Crippen molar-refractivity contribution < 1.29 is 14.3 Å². The summed E-state index contributed by atoms with van der Waals surface area (Å²) in [5, 5.41) is 12.9. The summed E-state index contributed by atoms with van der Waals surface area (Å²) in [6, 6.07) is 20.7. The molecule has 0 aliphatic carbocycles. The van der Waals surface area contributed by atoms with Crippen molar-refractivity contribution in [2.45, 2.75) is 13.2 Å². The minimum Gasteiger partial charge on any atom is -0.496 e. The van der Waals surface area contributed by atoms with E-state index in [2.05, 4.69) is 10.6 Å². The van der Waals surface area contributed by atoms with Gasteiger partial charge < -0.3 is 20.1 Å². The molecule has 8 heteroatoms. The molecule has 0 saturated carbocycles. The van der Waals surface area contributed by atoms with Crippen LogP contribution in [0.3, 0.4) is 0 Å². The average molecular weight is 457 g/mol. The van der Waals surface area contributed by atoms with Gasteiger partial charge in [0.15, 0.2) is 0 Å². The molecule has 1 amide bonds. The number of rotatable bonds is 8. The molecule has 2 aromatic heterocycles. The molecule has 5 aromatic rings. The molecule has 2 heterocycles. The number of para-hydroxylation sites is 1. The summed E-state index contributed by atoms with van der Waals surface area (Å²) < 4.78 is 12.5. The number of carbonyl (C=O) groups is 1. The van der Waals surface area contributed by atoms with Crippen molar-refractivity contribution in [3.8, 4) is 5.75 Å². The summed E-state index contributed by atoms with van der Waals surface area (Å²) in [7, 11) is 1.56. The highest BCUT2D eigenvalue weighted by atomic mass is 16.5. The van der Waals surface area contributed by atoms with Crippen molar-refractivity contribution in [2.75, 3.05) is 20.2 Å². The number of benzene rings is 3. The molecule has 0 radical (unpaired) electrons. The van der Waals surface area contributed by atoms with E-state index in [0.29, 0.717) is 36.2 Å². The standard InChI is InChI=1S/C26H24N4O4/c1-33-22-12-11-18-20(15-27-13-14-28-26(32)34-16-17-7-3-2-4-8-17)29-30-21-10-6-5-9-19(21)25(31)23(22)24(18)30/h2-12,27H,13-16H2,1H3,(H,28,32). The number of nitrogens with one attached hydrogen (secondary N) is 2. The van der Waals surface area contributed by atoms with Crippen molar-refractivity contribution in [3.63, 3.8) is 0 Å². The van der Waals surface area contributed by atoms with Gasteiger partial charge in [-0.1, -0.05) is 42.5 Å². The zero-order valence-electron chi connectivity index (χ0n) is 18.7. The SMILES string of the molecule is COc1ccc2c(CNCCNC(=O)OCc3ccccc3)nn3c4ccccc4c(=O)c1c23. The van der Waals surface area contributed by atoms with E-state index in [1.165, 1.54) is 0 Å². The van der Waals surface area contributed by atoms with Crippen LogP contribution in [0, 0.1) is 0 Å². The van der Waals surface area contributed by atoms with Gasteiger partial charge >= 0.3 is 6.09 Å². The summed E-state index contributed by atoms with van der Waals surface area (Å²) in [5.74, 6) is 0.533. The maximum atomic E-state index is 13.2. The van der Waals surface area contributed by atoms with Crippen LogP contribution in [0.15, 0.2) is 71.5 Å². The van der Waals surface area contributed by atoms with E-state index in [9.17, 15) is 9.59 Å².